The number of nitrogens with zero attached hydrogens (tertiary/aromatic N) is 4. The van der Waals surface area contributed by atoms with Gasteiger partial charge in [0.2, 0.25) is 0 Å². The standard InChI is InChI=1S/C20H16N4O4S/c25-24(26)18-7-3-4-8-19(18)29(27,28)23-17-6-2-1-5-16(17)22-20(23)10-9-15-11-13-21-14-12-15/h1-8,11-14H,9-10H2. The van der Waals surface area contributed by atoms with E-state index in [2.05, 4.69) is 9.97 Å². The van der Waals surface area contributed by atoms with Gasteiger partial charge in [-0.3, -0.25) is 15.1 Å². The molecule has 29 heavy (non-hydrogen) atoms. The van der Waals surface area contributed by atoms with Gasteiger partial charge in [0.1, 0.15) is 5.82 Å². The van der Waals surface area contributed by atoms with Crippen molar-refractivity contribution >= 4 is 26.7 Å². The molecule has 2 heterocycles. The second kappa shape index (κ2) is 7.44. The zero-order chi connectivity index (χ0) is 20.4. The Morgan fingerprint density at radius 3 is 2.38 bits per heavy atom. The van der Waals surface area contributed by atoms with Gasteiger partial charge in [-0.05, 0) is 42.3 Å². The predicted molar refractivity (Wildman–Crippen MR) is 107 cm³/mol. The monoisotopic (exact) mass is 408 g/mol. The van der Waals surface area contributed by atoms with Crippen LogP contribution >= 0.6 is 0 Å². The fraction of sp³-hybridized carbons (Fsp3) is 0.100. The van der Waals surface area contributed by atoms with Gasteiger partial charge in [0, 0.05) is 24.9 Å². The van der Waals surface area contributed by atoms with Crippen molar-refractivity contribution < 1.29 is 13.3 Å². The summed E-state index contributed by atoms with van der Waals surface area (Å²) in [5.74, 6) is 0.321. The molecule has 0 aliphatic heterocycles. The number of aromatic nitrogens is 3. The molecule has 0 atom stereocenters. The summed E-state index contributed by atoms with van der Waals surface area (Å²) in [7, 11) is -4.23. The predicted octanol–water partition coefficient (Wildman–Crippen LogP) is 3.36. The molecule has 8 nitrogen and oxygen atoms in total. The summed E-state index contributed by atoms with van der Waals surface area (Å²) >= 11 is 0. The number of para-hydroxylation sites is 3. The minimum absolute atomic E-state index is 0.321. The van der Waals surface area contributed by atoms with Crippen LogP contribution in [0.5, 0.6) is 0 Å². The lowest BCUT2D eigenvalue weighted by Gasteiger charge is -2.11. The fourth-order valence-electron chi connectivity index (χ4n) is 3.21. The SMILES string of the molecule is O=[N+]([O-])c1ccccc1S(=O)(=O)n1c(CCc2ccncc2)nc2ccccc21. The number of benzene rings is 2. The molecule has 4 rings (SSSR count). The van der Waals surface area contributed by atoms with Crippen LogP contribution in [0.4, 0.5) is 5.69 Å². The Morgan fingerprint density at radius 1 is 0.931 bits per heavy atom. The van der Waals surface area contributed by atoms with E-state index in [1.165, 1.54) is 24.3 Å². The molecule has 0 bridgehead atoms. The molecule has 0 radical (unpaired) electrons. The Kier molecular flexibility index (Phi) is 4.81. The molecular weight excluding hydrogens is 392 g/mol. The van der Waals surface area contributed by atoms with Crippen LogP contribution in [0.25, 0.3) is 11.0 Å². The fourth-order valence-corrected chi connectivity index (χ4v) is 4.89. The maximum Gasteiger partial charge on any atom is 0.289 e. The minimum atomic E-state index is -4.23. The first-order valence-electron chi connectivity index (χ1n) is 8.83. The first-order chi connectivity index (χ1) is 14.0. The van der Waals surface area contributed by atoms with E-state index < -0.39 is 20.6 Å². The Balaban J connectivity index is 1.87. The van der Waals surface area contributed by atoms with Crippen molar-refractivity contribution in [3.05, 3.63) is 94.6 Å². The molecule has 0 saturated heterocycles. The van der Waals surface area contributed by atoms with Gasteiger partial charge >= 0.3 is 0 Å². The smallest absolute Gasteiger partial charge is 0.265 e. The first kappa shape index (κ1) is 18.8. The summed E-state index contributed by atoms with van der Waals surface area (Å²) in [5, 5.41) is 11.4. The van der Waals surface area contributed by atoms with Crippen molar-refractivity contribution in [2.24, 2.45) is 0 Å². The number of imidazole rings is 1. The van der Waals surface area contributed by atoms with Crippen LogP contribution in [0.15, 0.2) is 78.0 Å². The van der Waals surface area contributed by atoms with Crippen LogP contribution in [-0.2, 0) is 22.9 Å². The highest BCUT2D eigenvalue weighted by molar-refractivity contribution is 7.90. The molecule has 0 aliphatic carbocycles. The molecular formula is C20H16N4O4S. The molecule has 4 aromatic rings. The zero-order valence-electron chi connectivity index (χ0n) is 15.2. The van der Waals surface area contributed by atoms with E-state index in [-0.39, 0.29) is 4.90 Å². The highest BCUT2D eigenvalue weighted by Gasteiger charge is 2.30. The van der Waals surface area contributed by atoms with E-state index in [9.17, 15) is 18.5 Å². The van der Waals surface area contributed by atoms with Gasteiger partial charge in [0.05, 0.1) is 16.0 Å². The number of rotatable bonds is 6. The van der Waals surface area contributed by atoms with Crippen LogP contribution in [0.2, 0.25) is 0 Å². The van der Waals surface area contributed by atoms with E-state index >= 15 is 0 Å². The summed E-state index contributed by atoms with van der Waals surface area (Å²) in [4.78, 5) is 18.8. The molecule has 0 aliphatic rings. The molecule has 0 spiro atoms. The van der Waals surface area contributed by atoms with E-state index in [0.717, 1.165) is 9.54 Å². The van der Waals surface area contributed by atoms with E-state index in [4.69, 9.17) is 0 Å². The van der Waals surface area contributed by atoms with E-state index in [1.807, 2.05) is 12.1 Å². The summed E-state index contributed by atoms with van der Waals surface area (Å²) in [6.45, 7) is 0. The average molecular weight is 408 g/mol. The second-order valence-corrected chi connectivity index (χ2v) is 8.12. The van der Waals surface area contributed by atoms with Crippen molar-refractivity contribution in [2.45, 2.75) is 17.7 Å². The van der Waals surface area contributed by atoms with Crippen LogP contribution in [0.3, 0.4) is 0 Å². The van der Waals surface area contributed by atoms with Gasteiger partial charge in [-0.2, -0.15) is 0 Å². The van der Waals surface area contributed by atoms with Crippen LogP contribution in [0, 0.1) is 10.1 Å². The number of hydrogen-bond donors (Lipinski definition) is 0. The summed E-state index contributed by atoms with van der Waals surface area (Å²) in [6, 6.07) is 15.9. The largest absolute Gasteiger partial charge is 0.289 e. The Labute approximate surface area is 166 Å². The molecule has 146 valence electrons. The van der Waals surface area contributed by atoms with Gasteiger partial charge < -0.3 is 0 Å². The molecule has 0 unspecified atom stereocenters. The number of hydrogen-bond acceptors (Lipinski definition) is 6. The molecule has 2 aromatic carbocycles. The quantitative estimate of drug-likeness (QED) is 0.358. The normalized spacial score (nSPS) is 11.6. The van der Waals surface area contributed by atoms with Crippen molar-refractivity contribution in [3.8, 4) is 0 Å². The van der Waals surface area contributed by atoms with Gasteiger partial charge in [-0.25, -0.2) is 17.4 Å². The average Bonchev–Trinajstić information content (AvgIpc) is 3.12. The van der Waals surface area contributed by atoms with Crippen molar-refractivity contribution in [2.75, 3.05) is 0 Å². The molecule has 0 amide bonds. The lowest BCUT2D eigenvalue weighted by molar-refractivity contribution is -0.387. The Bertz CT molecular complexity index is 1300. The number of nitro groups is 1. The third-order valence-corrected chi connectivity index (χ3v) is 6.34. The lowest BCUT2D eigenvalue weighted by Crippen LogP contribution is -2.18. The van der Waals surface area contributed by atoms with E-state index in [0.29, 0.717) is 29.7 Å². The minimum Gasteiger partial charge on any atom is -0.265 e. The van der Waals surface area contributed by atoms with Gasteiger partial charge in [0.15, 0.2) is 4.90 Å². The van der Waals surface area contributed by atoms with Crippen molar-refractivity contribution in [1.82, 2.24) is 13.9 Å². The summed E-state index contributed by atoms with van der Waals surface area (Å²) in [5.41, 5.74) is 1.42. The Hall–Kier alpha value is -3.59. The van der Waals surface area contributed by atoms with Crippen LogP contribution in [-0.4, -0.2) is 27.3 Å². The number of pyridine rings is 1. The molecule has 0 N–H and O–H groups in total. The summed E-state index contributed by atoms with van der Waals surface area (Å²) < 4.78 is 28.1. The number of nitro benzene ring substituents is 1. The van der Waals surface area contributed by atoms with Crippen LogP contribution in [0.1, 0.15) is 11.4 Å². The second-order valence-electron chi connectivity index (χ2n) is 6.37. The van der Waals surface area contributed by atoms with Crippen molar-refractivity contribution in [1.29, 1.82) is 0 Å². The number of fused-ring (bicyclic) bond motifs is 1. The maximum absolute atomic E-state index is 13.5. The molecule has 0 saturated carbocycles. The third-order valence-electron chi connectivity index (χ3n) is 4.55. The van der Waals surface area contributed by atoms with E-state index in [1.54, 1.807) is 36.7 Å². The molecule has 9 heteroatoms. The zero-order valence-corrected chi connectivity index (χ0v) is 16.0. The first-order valence-corrected chi connectivity index (χ1v) is 10.3. The summed E-state index contributed by atoms with van der Waals surface area (Å²) in [6.07, 6.45) is 4.24. The highest BCUT2D eigenvalue weighted by Crippen LogP contribution is 2.29. The van der Waals surface area contributed by atoms with Crippen molar-refractivity contribution in [3.63, 3.8) is 0 Å². The third kappa shape index (κ3) is 3.47. The van der Waals surface area contributed by atoms with Gasteiger partial charge in [-0.1, -0.05) is 24.3 Å². The Morgan fingerprint density at radius 2 is 1.62 bits per heavy atom. The highest BCUT2D eigenvalue weighted by atomic mass is 32.2. The topological polar surface area (TPSA) is 108 Å². The van der Waals surface area contributed by atoms with Gasteiger partial charge in [-0.15, -0.1) is 0 Å². The molecule has 2 aromatic heterocycles. The lowest BCUT2D eigenvalue weighted by atomic mass is 10.1. The number of aryl methyl sites for hydroxylation is 2. The van der Waals surface area contributed by atoms with Gasteiger partial charge in [0.25, 0.3) is 15.7 Å². The van der Waals surface area contributed by atoms with Crippen LogP contribution < -0.4 is 0 Å². The maximum atomic E-state index is 13.5. The molecule has 0 fully saturated rings.